The third-order valence-corrected chi connectivity index (χ3v) is 9.33. The monoisotopic (exact) mass is 559 g/mol. The van der Waals surface area contributed by atoms with Crippen LogP contribution in [0, 0.1) is 0 Å². The minimum atomic E-state index is 0.587. The fourth-order valence-electron chi connectivity index (χ4n) is 6.52. The van der Waals surface area contributed by atoms with Gasteiger partial charge in [-0.05, 0) is 26.2 Å². The molecule has 0 saturated carbocycles. The molecular formula is C38H74N2. The van der Waals surface area contributed by atoms with Gasteiger partial charge in [0.15, 0.2) is 0 Å². The van der Waals surface area contributed by atoms with Crippen LogP contribution in [0.3, 0.4) is 0 Å². The molecule has 2 nitrogen and oxygen atoms in total. The van der Waals surface area contributed by atoms with Gasteiger partial charge in [0.2, 0.25) is 0 Å². The Kier molecular flexibility index (Phi) is 26.4. The summed E-state index contributed by atoms with van der Waals surface area (Å²) >= 11 is 0. The molecule has 2 heteroatoms. The van der Waals surface area contributed by atoms with Crippen LogP contribution in [0.2, 0.25) is 0 Å². The quantitative estimate of drug-likeness (QED) is 0.0828. The highest BCUT2D eigenvalue weighted by molar-refractivity contribution is 5.02. The van der Waals surface area contributed by atoms with Crippen molar-refractivity contribution >= 4 is 0 Å². The van der Waals surface area contributed by atoms with E-state index in [1.54, 1.807) is 0 Å². The summed E-state index contributed by atoms with van der Waals surface area (Å²) in [6.45, 7) is 9.34. The lowest BCUT2D eigenvalue weighted by Gasteiger charge is -2.22. The van der Waals surface area contributed by atoms with E-state index in [9.17, 15) is 0 Å². The Bertz CT molecular complexity index is 621. The van der Waals surface area contributed by atoms with Crippen molar-refractivity contribution in [3.63, 3.8) is 0 Å². The van der Waals surface area contributed by atoms with Gasteiger partial charge < -0.3 is 4.57 Å². The summed E-state index contributed by atoms with van der Waals surface area (Å²) in [5, 5.41) is 0. The van der Waals surface area contributed by atoms with Crippen LogP contribution in [0.5, 0.6) is 0 Å². The first-order valence-electron chi connectivity index (χ1n) is 18.8. The lowest BCUT2D eigenvalue weighted by atomic mass is 9.92. The molecule has 2 unspecified atom stereocenters. The number of nitrogens with zero attached hydrogens (tertiary/aromatic N) is 2. The molecular weight excluding hydrogens is 484 g/mol. The predicted molar refractivity (Wildman–Crippen MR) is 181 cm³/mol. The van der Waals surface area contributed by atoms with Gasteiger partial charge in [-0.15, -0.1) is 0 Å². The van der Waals surface area contributed by atoms with Gasteiger partial charge in [-0.1, -0.05) is 188 Å². The van der Waals surface area contributed by atoms with Crippen molar-refractivity contribution in [3.05, 3.63) is 18.2 Å². The third kappa shape index (κ3) is 20.1. The molecule has 1 aromatic heterocycles. The van der Waals surface area contributed by atoms with Crippen LogP contribution in [-0.4, -0.2) is 9.55 Å². The summed E-state index contributed by atoms with van der Waals surface area (Å²) in [5.41, 5.74) is 0. The first kappa shape index (κ1) is 37.2. The van der Waals surface area contributed by atoms with Gasteiger partial charge in [-0.3, -0.25) is 0 Å². The highest BCUT2D eigenvalue weighted by Gasteiger charge is 2.19. The van der Waals surface area contributed by atoms with Gasteiger partial charge in [0, 0.05) is 24.4 Å². The Morgan fingerprint density at radius 3 is 1.20 bits per heavy atom. The molecule has 0 N–H and O–H groups in total. The van der Waals surface area contributed by atoms with Crippen molar-refractivity contribution in [1.29, 1.82) is 0 Å². The molecule has 0 fully saturated rings. The Hall–Kier alpha value is -0.790. The number of imidazole rings is 1. The molecule has 0 saturated heterocycles. The Morgan fingerprint density at radius 2 is 0.825 bits per heavy atom. The molecule has 0 radical (unpaired) electrons. The molecule has 0 spiro atoms. The van der Waals surface area contributed by atoms with Gasteiger partial charge in [0.1, 0.15) is 5.82 Å². The van der Waals surface area contributed by atoms with Gasteiger partial charge in [-0.2, -0.15) is 0 Å². The summed E-state index contributed by atoms with van der Waals surface area (Å²) < 4.78 is 2.54. The third-order valence-electron chi connectivity index (χ3n) is 9.33. The van der Waals surface area contributed by atoms with E-state index in [1.807, 2.05) is 0 Å². The second-order valence-electron chi connectivity index (χ2n) is 13.2. The maximum atomic E-state index is 4.96. The van der Waals surface area contributed by atoms with Crippen LogP contribution in [0.4, 0.5) is 0 Å². The van der Waals surface area contributed by atoms with Crippen molar-refractivity contribution in [3.8, 4) is 0 Å². The lowest BCUT2D eigenvalue weighted by molar-refractivity contribution is 0.417. The summed E-state index contributed by atoms with van der Waals surface area (Å²) in [6, 6.07) is 0.587. The van der Waals surface area contributed by atoms with E-state index in [-0.39, 0.29) is 0 Å². The zero-order valence-electron chi connectivity index (χ0n) is 28.2. The number of aromatic nitrogens is 2. The first-order chi connectivity index (χ1) is 19.7. The fourth-order valence-corrected chi connectivity index (χ4v) is 6.52. The van der Waals surface area contributed by atoms with E-state index < -0.39 is 0 Å². The summed E-state index contributed by atoms with van der Waals surface area (Å²) in [4.78, 5) is 4.96. The number of unbranched alkanes of at least 4 members (excludes halogenated alkanes) is 23. The highest BCUT2D eigenvalue weighted by Crippen LogP contribution is 2.30. The maximum absolute atomic E-state index is 4.96. The first-order valence-corrected chi connectivity index (χ1v) is 18.8. The Labute approximate surface area is 253 Å². The van der Waals surface area contributed by atoms with Crippen LogP contribution < -0.4 is 0 Å². The molecule has 0 bridgehead atoms. The van der Waals surface area contributed by atoms with E-state index in [0.717, 1.165) is 0 Å². The van der Waals surface area contributed by atoms with Crippen molar-refractivity contribution in [2.45, 2.75) is 226 Å². The van der Waals surface area contributed by atoms with Crippen molar-refractivity contribution in [1.82, 2.24) is 9.55 Å². The topological polar surface area (TPSA) is 17.8 Å². The predicted octanol–water partition coefficient (Wildman–Crippen LogP) is 13.9. The van der Waals surface area contributed by atoms with Gasteiger partial charge >= 0.3 is 0 Å². The molecule has 0 aromatic carbocycles. The van der Waals surface area contributed by atoms with Crippen LogP contribution in [-0.2, 0) is 0 Å². The molecule has 1 aromatic rings. The van der Waals surface area contributed by atoms with E-state index >= 15 is 0 Å². The van der Waals surface area contributed by atoms with Gasteiger partial charge in [0.25, 0.3) is 0 Å². The van der Waals surface area contributed by atoms with Crippen molar-refractivity contribution in [2.75, 3.05) is 0 Å². The van der Waals surface area contributed by atoms with Crippen LogP contribution >= 0.6 is 0 Å². The molecule has 1 heterocycles. The summed E-state index contributed by atoms with van der Waals surface area (Å²) in [6.07, 6.45) is 45.4. The zero-order chi connectivity index (χ0) is 28.9. The van der Waals surface area contributed by atoms with E-state index in [2.05, 4.69) is 44.7 Å². The van der Waals surface area contributed by atoms with E-state index in [0.29, 0.717) is 12.0 Å². The largest absolute Gasteiger partial charge is 0.332 e. The SMILES string of the molecule is CCCCCCCCCCCCCCCCC(CCCCCCCCCCCC)c1nccn1C(C)CCCC. The highest BCUT2D eigenvalue weighted by atomic mass is 15.1. The molecule has 1 rings (SSSR count). The summed E-state index contributed by atoms with van der Waals surface area (Å²) in [7, 11) is 0. The average molecular weight is 559 g/mol. The van der Waals surface area contributed by atoms with E-state index in [1.165, 1.54) is 192 Å². The van der Waals surface area contributed by atoms with Crippen LogP contribution in [0.1, 0.15) is 232 Å². The van der Waals surface area contributed by atoms with Crippen LogP contribution in [0.15, 0.2) is 12.4 Å². The minimum absolute atomic E-state index is 0.587. The molecule has 0 aliphatic carbocycles. The molecule has 0 aliphatic heterocycles. The van der Waals surface area contributed by atoms with Crippen LogP contribution in [0.25, 0.3) is 0 Å². The fraction of sp³-hybridized carbons (Fsp3) is 0.921. The number of rotatable bonds is 31. The number of hydrogen-bond donors (Lipinski definition) is 0. The lowest BCUT2D eigenvalue weighted by Crippen LogP contribution is -2.13. The van der Waals surface area contributed by atoms with Gasteiger partial charge in [-0.25, -0.2) is 4.98 Å². The molecule has 40 heavy (non-hydrogen) atoms. The maximum Gasteiger partial charge on any atom is 0.111 e. The minimum Gasteiger partial charge on any atom is -0.332 e. The Morgan fingerprint density at radius 1 is 0.475 bits per heavy atom. The summed E-state index contributed by atoms with van der Waals surface area (Å²) in [5.74, 6) is 2.06. The van der Waals surface area contributed by atoms with E-state index in [4.69, 9.17) is 4.98 Å². The molecule has 0 amide bonds. The Balaban J connectivity index is 2.30. The standard InChI is InChI=1S/C38H74N2/c1-5-8-11-13-15-17-19-20-21-22-24-26-28-30-33-37(32-29-27-25-23-18-16-14-12-9-6-2)38-39-34-35-40(38)36(4)31-10-7-3/h34-37H,5-33H2,1-4H3. The normalized spacial score (nSPS) is 13.2. The van der Waals surface area contributed by atoms with Crippen molar-refractivity contribution in [2.24, 2.45) is 0 Å². The second kappa shape index (κ2) is 28.3. The zero-order valence-corrected chi connectivity index (χ0v) is 28.2. The molecule has 2 atom stereocenters. The van der Waals surface area contributed by atoms with Crippen molar-refractivity contribution < 1.29 is 0 Å². The average Bonchev–Trinajstić information content (AvgIpc) is 3.46. The molecule has 0 aliphatic rings. The number of hydrogen-bond acceptors (Lipinski definition) is 1. The second-order valence-corrected chi connectivity index (χ2v) is 13.2. The van der Waals surface area contributed by atoms with Gasteiger partial charge in [0.05, 0.1) is 0 Å². The molecule has 236 valence electrons. The smallest absolute Gasteiger partial charge is 0.111 e.